The maximum atomic E-state index is 12.9. The molecule has 2 nitrogen and oxygen atoms in total. The number of ether oxygens (including phenoxy) is 1. The van der Waals surface area contributed by atoms with Crippen LogP contribution >= 0.6 is 11.6 Å². The van der Waals surface area contributed by atoms with Crippen molar-refractivity contribution >= 4 is 30.9 Å². The molecule has 0 amide bonds. The van der Waals surface area contributed by atoms with Gasteiger partial charge in [-0.2, -0.15) is 0 Å². The van der Waals surface area contributed by atoms with Crippen LogP contribution in [0.1, 0.15) is 10.4 Å². The molecule has 2 radical (unpaired) electrons. The summed E-state index contributed by atoms with van der Waals surface area (Å²) in [6, 6.07) is 2.12. The zero-order valence-electron chi connectivity index (χ0n) is 6.80. The van der Waals surface area contributed by atoms with Gasteiger partial charge in [0.05, 0.1) is 17.7 Å². The van der Waals surface area contributed by atoms with Crippen LogP contribution in [-0.2, 0) is 4.74 Å². The molecule has 0 atom stereocenters. The highest BCUT2D eigenvalue weighted by molar-refractivity contribution is 6.38. The molecule has 0 saturated carbocycles. The Morgan fingerprint density at radius 3 is 2.77 bits per heavy atom. The number of esters is 1. The van der Waals surface area contributed by atoms with E-state index in [0.29, 0.717) is 0 Å². The number of hydrogen-bond donors (Lipinski definition) is 0. The number of carbonyl (C=O) groups is 1. The minimum atomic E-state index is -0.691. The maximum Gasteiger partial charge on any atom is 0.339 e. The second-order valence-electron chi connectivity index (χ2n) is 2.35. The molecule has 1 rings (SSSR count). The highest BCUT2D eigenvalue weighted by Gasteiger charge is 2.12. The van der Waals surface area contributed by atoms with E-state index < -0.39 is 11.8 Å². The first-order valence-electron chi connectivity index (χ1n) is 3.39. The molecule has 1 aromatic carbocycles. The largest absolute Gasteiger partial charge is 0.465 e. The Balaban J connectivity index is 3.23. The predicted molar refractivity (Wildman–Crippen MR) is 48.1 cm³/mol. The summed E-state index contributed by atoms with van der Waals surface area (Å²) in [5, 5.41) is 0.0748. The standard InChI is InChI=1S/C8H5BClFO2/c1-13-8(12)4-2-7(11)5(9)3-6(4)10/h2-3H,1H3. The third-order valence-electron chi connectivity index (χ3n) is 1.49. The zero-order chi connectivity index (χ0) is 10.0. The molecule has 0 unspecified atom stereocenters. The highest BCUT2D eigenvalue weighted by atomic mass is 35.5. The van der Waals surface area contributed by atoms with Crippen molar-refractivity contribution in [2.45, 2.75) is 0 Å². The van der Waals surface area contributed by atoms with Gasteiger partial charge in [0.2, 0.25) is 0 Å². The molecule has 0 N–H and O–H groups in total. The molecule has 0 aliphatic rings. The SMILES string of the molecule is [B]c1cc(Cl)c(C(=O)OC)cc1F. The minimum Gasteiger partial charge on any atom is -0.465 e. The first-order valence-corrected chi connectivity index (χ1v) is 3.77. The first kappa shape index (κ1) is 10.1. The molecule has 0 spiro atoms. The van der Waals surface area contributed by atoms with Crippen LogP contribution in [-0.4, -0.2) is 20.9 Å². The van der Waals surface area contributed by atoms with Crippen molar-refractivity contribution in [2.24, 2.45) is 0 Å². The molecular weight excluding hydrogens is 193 g/mol. The second kappa shape index (κ2) is 3.79. The summed E-state index contributed by atoms with van der Waals surface area (Å²) in [4.78, 5) is 11.0. The average Bonchev–Trinajstić information content (AvgIpc) is 2.10. The molecule has 13 heavy (non-hydrogen) atoms. The molecule has 5 heteroatoms. The maximum absolute atomic E-state index is 12.9. The molecule has 0 heterocycles. The fourth-order valence-corrected chi connectivity index (χ4v) is 1.08. The van der Waals surface area contributed by atoms with Gasteiger partial charge in [-0.3, -0.25) is 0 Å². The Morgan fingerprint density at radius 1 is 1.62 bits per heavy atom. The van der Waals surface area contributed by atoms with E-state index in [4.69, 9.17) is 19.4 Å². The molecule has 0 aromatic heterocycles. The third-order valence-corrected chi connectivity index (χ3v) is 1.80. The smallest absolute Gasteiger partial charge is 0.339 e. The van der Waals surface area contributed by atoms with E-state index in [0.717, 1.165) is 6.07 Å². The molecule has 66 valence electrons. The van der Waals surface area contributed by atoms with Crippen LogP contribution in [0.15, 0.2) is 12.1 Å². The summed E-state index contributed by atoms with van der Waals surface area (Å²) in [6.07, 6.45) is 0. The molecule has 0 aliphatic heterocycles. The van der Waals surface area contributed by atoms with Crippen molar-refractivity contribution in [1.29, 1.82) is 0 Å². The van der Waals surface area contributed by atoms with Crippen molar-refractivity contribution in [2.75, 3.05) is 7.11 Å². The number of halogens is 2. The lowest BCUT2D eigenvalue weighted by atomic mass is 9.94. The summed E-state index contributed by atoms with van der Waals surface area (Å²) in [5.74, 6) is -1.38. The van der Waals surface area contributed by atoms with Crippen LogP contribution in [0.3, 0.4) is 0 Å². The van der Waals surface area contributed by atoms with Gasteiger partial charge in [0.15, 0.2) is 0 Å². The molecule has 0 fully saturated rings. The lowest BCUT2D eigenvalue weighted by Crippen LogP contribution is -2.12. The van der Waals surface area contributed by atoms with E-state index >= 15 is 0 Å². The van der Waals surface area contributed by atoms with E-state index in [1.54, 1.807) is 0 Å². The molecule has 0 saturated heterocycles. The average molecular weight is 198 g/mol. The third kappa shape index (κ3) is 2.01. The quantitative estimate of drug-likeness (QED) is 0.498. The first-order chi connectivity index (χ1) is 6.06. The van der Waals surface area contributed by atoms with Crippen molar-refractivity contribution in [1.82, 2.24) is 0 Å². The van der Waals surface area contributed by atoms with Crippen LogP contribution in [0.5, 0.6) is 0 Å². The van der Waals surface area contributed by atoms with Crippen LogP contribution in [0.4, 0.5) is 4.39 Å². The Hall–Kier alpha value is -1.03. The van der Waals surface area contributed by atoms with E-state index in [9.17, 15) is 9.18 Å². The second-order valence-corrected chi connectivity index (χ2v) is 2.75. The van der Waals surface area contributed by atoms with Crippen LogP contribution in [0.25, 0.3) is 0 Å². The number of benzene rings is 1. The number of rotatable bonds is 1. The lowest BCUT2D eigenvalue weighted by molar-refractivity contribution is 0.0600. The van der Waals surface area contributed by atoms with Crippen LogP contribution in [0, 0.1) is 5.82 Å². The van der Waals surface area contributed by atoms with Gasteiger partial charge in [0, 0.05) is 0 Å². The van der Waals surface area contributed by atoms with Gasteiger partial charge in [-0.25, -0.2) is 9.18 Å². The summed E-state index contributed by atoms with van der Waals surface area (Å²) in [6.45, 7) is 0. The number of carbonyl (C=O) groups excluding carboxylic acids is 1. The lowest BCUT2D eigenvalue weighted by Gasteiger charge is -2.04. The van der Waals surface area contributed by atoms with Crippen molar-refractivity contribution < 1.29 is 13.9 Å². The molecule has 0 aliphatic carbocycles. The van der Waals surface area contributed by atoms with Gasteiger partial charge >= 0.3 is 5.97 Å². The van der Waals surface area contributed by atoms with Gasteiger partial charge in [-0.15, -0.1) is 0 Å². The monoisotopic (exact) mass is 198 g/mol. The summed E-state index contributed by atoms with van der Waals surface area (Å²) in [5.41, 5.74) is -0.131. The van der Waals surface area contributed by atoms with E-state index in [1.165, 1.54) is 13.2 Å². The Bertz CT molecular complexity index is 354. The molecular formula is C8H5BClFO2. The predicted octanol–water partition coefficient (Wildman–Crippen LogP) is 1.06. The van der Waals surface area contributed by atoms with E-state index in [-0.39, 0.29) is 16.0 Å². The Morgan fingerprint density at radius 2 is 2.23 bits per heavy atom. The number of hydrogen-bond acceptors (Lipinski definition) is 2. The van der Waals surface area contributed by atoms with Crippen molar-refractivity contribution in [3.05, 3.63) is 28.5 Å². The van der Waals surface area contributed by atoms with Gasteiger partial charge in [0.25, 0.3) is 0 Å². The normalized spacial score (nSPS) is 9.77. The Kier molecular flexibility index (Phi) is 2.93. The number of methoxy groups -OCH3 is 1. The van der Waals surface area contributed by atoms with Gasteiger partial charge < -0.3 is 4.74 Å². The van der Waals surface area contributed by atoms with E-state index in [2.05, 4.69) is 4.74 Å². The Labute approximate surface area is 81.1 Å². The van der Waals surface area contributed by atoms with Crippen LogP contribution < -0.4 is 5.46 Å². The van der Waals surface area contributed by atoms with Gasteiger partial charge in [0.1, 0.15) is 13.7 Å². The fourth-order valence-electron chi connectivity index (χ4n) is 0.829. The van der Waals surface area contributed by atoms with Gasteiger partial charge in [-0.1, -0.05) is 17.1 Å². The van der Waals surface area contributed by atoms with Crippen molar-refractivity contribution in [3.8, 4) is 0 Å². The van der Waals surface area contributed by atoms with Crippen LogP contribution in [0.2, 0.25) is 5.02 Å². The summed E-state index contributed by atoms with van der Waals surface area (Å²) < 4.78 is 17.2. The summed E-state index contributed by atoms with van der Waals surface area (Å²) in [7, 11) is 6.41. The minimum absolute atomic E-state index is 0.0316. The topological polar surface area (TPSA) is 26.3 Å². The highest BCUT2D eigenvalue weighted by Crippen LogP contribution is 2.16. The zero-order valence-corrected chi connectivity index (χ0v) is 7.56. The fraction of sp³-hybridized carbons (Fsp3) is 0.125. The molecule has 1 aromatic rings. The van der Waals surface area contributed by atoms with Crippen molar-refractivity contribution in [3.63, 3.8) is 0 Å². The van der Waals surface area contributed by atoms with E-state index in [1.807, 2.05) is 0 Å². The molecule has 0 bridgehead atoms. The van der Waals surface area contributed by atoms with Gasteiger partial charge in [-0.05, 0) is 12.1 Å². The summed E-state index contributed by atoms with van der Waals surface area (Å²) >= 11 is 5.63.